The maximum atomic E-state index is 12.8. The van der Waals surface area contributed by atoms with Crippen molar-refractivity contribution in [1.29, 1.82) is 0 Å². The first-order valence-electron chi connectivity index (χ1n) is 5.59. The van der Waals surface area contributed by atoms with Gasteiger partial charge in [0.05, 0.1) is 4.92 Å². The predicted molar refractivity (Wildman–Crippen MR) is 64.3 cm³/mol. The summed E-state index contributed by atoms with van der Waals surface area (Å²) in [5.41, 5.74) is -1.72. The lowest BCUT2D eigenvalue weighted by molar-refractivity contribution is -0.384. The average molecular weight is 275 g/mol. The van der Waals surface area contributed by atoms with E-state index >= 15 is 0 Å². The van der Waals surface area contributed by atoms with Crippen molar-refractivity contribution in [2.45, 2.75) is 24.6 Å². The Bertz CT molecular complexity index is 512. The summed E-state index contributed by atoms with van der Waals surface area (Å²) in [4.78, 5) is 10.1. The third-order valence-electron chi connectivity index (χ3n) is 3.09. The van der Waals surface area contributed by atoms with Crippen LogP contribution in [0.2, 0.25) is 0 Å². The number of anilines is 2. The molecular weight excluding hydrogens is 263 g/mol. The van der Waals surface area contributed by atoms with E-state index in [0.717, 1.165) is 6.07 Å². The van der Waals surface area contributed by atoms with Gasteiger partial charge in [0.25, 0.3) is 5.69 Å². The second-order valence-electron chi connectivity index (χ2n) is 4.48. The van der Waals surface area contributed by atoms with Crippen molar-refractivity contribution in [3.63, 3.8) is 0 Å². The second-order valence-corrected chi connectivity index (χ2v) is 4.48. The van der Waals surface area contributed by atoms with Crippen molar-refractivity contribution in [3.05, 3.63) is 28.3 Å². The van der Waals surface area contributed by atoms with Crippen LogP contribution in [-0.4, -0.2) is 23.7 Å². The van der Waals surface area contributed by atoms with Gasteiger partial charge in [-0.1, -0.05) is 0 Å². The van der Waals surface area contributed by atoms with Gasteiger partial charge in [0, 0.05) is 30.6 Å². The molecule has 1 fully saturated rings. The van der Waals surface area contributed by atoms with Crippen molar-refractivity contribution in [2.75, 3.05) is 17.7 Å². The summed E-state index contributed by atoms with van der Waals surface area (Å²) in [6.45, 7) is 0. The first kappa shape index (κ1) is 13.4. The van der Waals surface area contributed by atoms with Gasteiger partial charge in [-0.05, 0) is 18.9 Å². The lowest BCUT2D eigenvalue weighted by Crippen LogP contribution is -2.38. The molecule has 0 spiro atoms. The predicted octanol–water partition coefficient (Wildman–Crippen LogP) is 3.14. The van der Waals surface area contributed by atoms with Gasteiger partial charge in [-0.2, -0.15) is 13.2 Å². The van der Waals surface area contributed by atoms with Crippen LogP contribution in [0.5, 0.6) is 0 Å². The van der Waals surface area contributed by atoms with E-state index in [1.165, 1.54) is 12.1 Å². The topological polar surface area (TPSA) is 67.2 Å². The van der Waals surface area contributed by atoms with Crippen LogP contribution in [0.4, 0.5) is 30.2 Å². The molecule has 8 heteroatoms. The van der Waals surface area contributed by atoms with E-state index in [0.29, 0.717) is 5.69 Å². The molecule has 0 atom stereocenters. The lowest BCUT2D eigenvalue weighted by atomic mass is 10.2. The zero-order chi connectivity index (χ0) is 14.3. The zero-order valence-corrected chi connectivity index (χ0v) is 10.0. The quantitative estimate of drug-likeness (QED) is 0.654. The van der Waals surface area contributed by atoms with Crippen molar-refractivity contribution >= 4 is 17.1 Å². The molecule has 0 unspecified atom stereocenters. The highest BCUT2D eigenvalue weighted by Gasteiger charge is 2.63. The highest BCUT2D eigenvalue weighted by Crippen LogP contribution is 2.51. The minimum atomic E-state index is -4.36. The molecule has 1 aromatic rings. The number of hydrogen-bond acceptors (Lipinski definition) is 4. The molecule has 1 saturated carbocycles. The molecule has 2 N–H and O–H groups in total. The van der Waals surface area contributed by atoms with Crippen LogP contribution in [0.3, 0.4) is 0 Å². The summed E-state index contributed by atoms with van der Waals surface area (Å²) >= 11 is 0. The maximum Gasteiger partial charge on any atom is 0.411 e. The van der Waals surface area contributed by atoms with Gasteiger partial charge in [-0.25, -0.2) is 0 Å². The Balaban J connectivity index is 2.30. The molecule has 0 aromatic heterocycles. The van der Waals surface area contributed by atoms with Crippen LogP contribution in [0, 0.1) is 10.1 Å². The Hall–Kier alpha value is -1.99. The number of rotatable bonds is 4. The van der Waals surface area contributed by atoms with Crippen LogP contribution in [-0.2, 0) is 0 Å². The van der Waals surface area contributed by atoms with Gasteiger partial charge < -0.3 is 10.6 Å². The molecule has 0 heterocycles. The van der Waals surface area contributed by atoms with Gasteiger partial charge in [-0.15, -0.1) is 0 Å². The van der Waals surface area contributed by atoms with Gasteiger partial charge in [0.2, 0.25) is 0 Å². The fourth-order valence-corrected chi connectivity index (χ4v) is 1.81. The molecular formula is C11H12F3N3O2. The van der Waals surface area contributed by atoms with Crippen LogP contribution in [0.15, 0.2) is 18.2 Å². The van der Waals surface area contributed by atoms with E-state index in [-0.39, 0.29) is 24.2 Å². The van der Waals surface area contributed by atoms with E-state index in [9.17, 15) is 23.3 Å². The molecule has 104 valence electrons. The summed E-state index contributed by atoms with van der Waals surface area (Å²) in [5, 5.41) is 15.8. The number of hydrogen-bond donors (Lipinski definition) is 2. The van der Waals surface area contributed by atoms with Gasteiger partial charge in [0.1, 0.15) is 5.54 Å². The Labute approximate surface area is 106 Å². The summed E-state index contributed by atoms with van der Waals surface area (Å²) in [6, 6.07) is 3.78. The van der Waals surface area contributed by atoms with Crippen LogP contribution in [0.1, 0.15) is 12.8 Å². The number of nitro groups is 1. The Morgan fingerprint density at radius 3 is 2.26 bits per heavy atom. The Kier molecular flexibility index (Phi) is 3.03. The smallest absolute Gasteiger partial charge is 0.388 e. The largest absolute Gasteiger partial charge is 0.411 e. The molecule has 0 radical (unpaired) electrons. The Morgan fingerprint density at radius 2 is 1.84 bits per heavy atom. The summed E-state index contributed by atoms with van der Waals surface area (Å²) in [5.74, 6) is 0. The molecule has 0 saturated heterocycles. The normalized spacial score (nSPS) is 16.8. The SMILES string of the molecule is CNc1cc(NC2(C(F)(F)F)CC2)cc([N+](=O)[O-])c1. The highest BCUT2D eigenvalue weighted by atomic mass is 19.4. The highest BCUT2D eigenvalue weighted by molar-refractivity contribution is 5.64. The van der Waals surface area contributed by atoms with Crippen LogP contribution in [0.25, 0.3) is 0 Å². The van der Waals surface area contributed by atoms with Crippen molar-refractivity contribution < 1.29 is 18.1 Å². The van der Waals surface area contributed by atoms with E-state index in [4.69, 9.17) is 0 Å². The summed E-state index contributed by atoms with van der Waals surface area (Å²) in [7, 11) is 1.54. The molecule has 1 aliphatic carbocycles. The zero-order valence-electron chi connectivity index (χ0n) is 10.0. The van der Waals surface area contributed by atoms with E-state index < -0.39 is 16.6 Å². The molecule has 5 nitrogen and oxygen atoms in total. The van der Waals surface area contributed by atoms with Crippen molar-refractivity contribution in [1.82, 2.24) is 0 Å². The third-order valence-corrected chi connectivity index (χ3v) is 3.09. The summed E-state index contributed by atoms with van der Waals surface area (Å²) < 4.78 is 38.4. The molecule has 0 amide bonds. The van der Waals surface area contributed by atoms with Gasteiger partial charge >= 0.3 is 6.18 Å². The number of non-ortho nitro benzene ring substituents is 1. The van der Waals surface area contributed by atoms with Gasteiger partial charge in [0.15, 0.2) is 0 Å². The average Bonchev–Trinajstić information content (AvgIpc) is 3.08. The number of nitrogens with one attached hydrogen (secondary N) is 2. The maximum absolute atomic E-state index is 12.8. The number of alkyl halides is 3. The molecule has 1 aliphatic rings. The number of nitrogens with zero attached hydrogens (tertiary/aromatic N) is 1. The second kappa shape index (κ2) is 4.29. The fourth-order valence-electron chi connectivity index (χ4n) is 1.81. The van der Waals surface area contributed by atoms with Gasteiger partial charge in [-0.3, -0.25) is 10.1 Å². The van der Waals surface area contributed by atoms with Crippen molar-refractivity contribution in [3.8, 4) is 0 Å². The van der Waals surface area contributed by atoms with Crippen LogP contribution < -0.4 is 10.6 Å². The fraction of sp³-hybridized carbons (Fsp3) is 0.455. The first-order valence-corrected chi connectivity index (χ1v) is 5.59. The minimum absolute atomic E-state index is 0.0198. The molecule has 2 rings (SSSR count). The molecule has 0 aliphatic heterocycles. The molecule has 1 aromatic carbocycles. The Morgan fingerprint density at radius 1 is 1.26 bits per heavy atom. The third kappa shape index (κ3) is 2.56. The minimum Gasteiger partial charge on any atom is -0.388 e. The molecule has 19 heavy (non-hydrogen) atoms. The molecule has 0 bridgehead atoms. The lowest BCUT2D eigenvalue weighted by Gasteiger charge is -2.22. The number of benzene rings is 1. The number of nitro benzene ring substituents is 1. The van der Waals surface area contributed by atoms with Crippen molar-refractivity contribution in [2.24, 2.45) is 0 Å². The number of halogens is 3. The van der Waals surface area contributed by atoms with Crippen LogP contribution >= 0.6 is 0 Å². The first-order chi connectivity index (χ1) is 8.77. The standard InChI is InChI=1S/C11H12F3N3O2/c1-15-7-4-8(6-9(5-7)17(18)19)16-10(2-3-10)11(12,13)14/h4-6,15-16H,2-3H2,1H3. The van der Waals surface area contributed by atoms with E-state index in [2.05, 4.69) is 10.6 Å². The van der Waals surface area contributed by atoms with E-state index in [1.54, 1.807) is 7.05 Å². The monoisotopic (exact) mass is 275 g/mol. The summed E-state index contributed by atoms with van der Waals surface area (Å²) in [6.07, 6.45) is -4.40. The van der Waals surface area contributed by atoms with E-state index in [1.807, 2.05) is 0 Å².